The summed E-state index contributed by atoms with van der Waals surface area (Å²) in [6.45, 7) is 7.07. The van der Waals surface area contributed by atoms with E-state index < -0.39 is 53.6 Å². The van der Waals surface area contributed by atoms with Gasteiger partial charge in [-0.05, 0) is 73.9 Å². The molecule has 0 bridgehead atoms. The normalized spacial score (nSPS) is 12.3. The second-order valence-corrected chi connectivity index (χ2v) is 16.4. The van der Waals surface area contributed by atoms with E-state index in [-0.39, 0.29) is 56.8 Å². The van der Waals surface area contributed by atoms with Crippen molar-refractivity contribution in [2.75, 3.05) is 76.6 Å². The number of aromatic nitrogens is 4. The zero-order valence-corrected chi connectivity index (χ0v) is 39.1. The highest BCUT2D eigenvalue weighted by atomic mass is 32.1. The Morgan fingerprint density at radius 3 is 2.22 bits per heavy atom. The van der Waals surface area contributed by atoms with Crippen molar-refractivity contribution in [2.24, 2.45) is 11.0 Å². The zero-order chi connectivity index (χ0) is 49.4. The second kappa shape index (κ2) is 28.2. The van der Waals surface area contributed by atoms with E-state index >= 15 is 0 Å². The first-order valence-corrected chi connectivity index (χ1v) is 22.6. The maximum absolute atomic E-state index is 13.1. The fourth-order valence-corrected chi connectivity index (χ4v) is 7.01. The van der Waals surface area contributed by atoms with Crippen LogP contribution in [0.3, 0.4) is 0 Å². The molecule has 24 nitrogen and oxygen atoms in total. The van der Waals surface area contributed by atoms with E-state index in [1.165, 1.54) is 20.1 Å². The number of benzene rings is 1. The lowest BCUT2D eigenvalue weighted by molar-refractivity contribution is -0.143. The lowest BCUT2D eigenvalue weighted by Gasteiger charge is -2.23. The number of anilines is 3. The van der Waals surface area contributed by atoms with Crippen molar-refractivity contribution in [3.63, 3.8) is 0 Å². The Morgan fingerprint density at radius 1 is 0.824 bits per heavy atom. The zero-order valence-electron chi connectivity index (χ0n) is 38.3. The summed E-state index contributed by atoms with van der Waals surface area (Å²) in [6, 6.07) is 7.13. The van der Waals surface area contributed by atoms with Gasteiger partial charge < -0.3 is 57.0 Å². The number of carbonyl (C=O) groups excluding carboxylic acids is 6. The molecule has 0 saturated carbocycles. The van der Waals surface area contributed by atoms with Gasteiger partial charge in [0, 0.05) is 30.0 Å². The van der Waals surface area contributed by atoms with Crippen molar-refractivity contribution in [2.45, 2.75) is 71.0 Å². The molecule has 0 unspecified atom stereocenters. The molecule has 4 rings (SSSR count). The molecule has 0 aliphatic rings. The molecule has 0 spiro atoms. The first kappa shape index (κ1) is 53.6. The molecule has 1 aromatic carbocycles. The average molecular weight is 963 g/mol. The summed E-state index contributed by atoms with van der Waals surface area (Å²) in [4.78, 5) is 97.0. The fraction of sp³-hybridized carbons (Fsp3) is 0.488. The SMILES string of the molecule is COC(=O)[C@H](CCCNC(=O)c1ccc(NC(=O)[C@H](C)NC(=O)[C@@H](NC(=O)CCOCCOCCOCCN=[N+]=[N-])C(C)C)s1)NC(=O)c1ccc(CCc2cnc3nc(N)nc(N)c3n2)cc1. The maximum Gasteiger partial charge on any atom is 0.328 e. The molecule has 0 aliphatic heterocycles. The molecule has 5 amide bonds. The Balaban J connectivity index is 1.14. The van der Waals surface area contributed by atoms with Crippen molar-refractivity contribution < 1.29 is 47.7 Å². The van der Waals surface area contributed by atoms with Gasteiger partial charge >= 0.3 is 5.97 Å². The van der Waals surface area contributed by atoms with Gasteiger partial charge in [0.15, 0.2) is 17.0 Å². The molecule has 0 saturated heterocycles. The summed E-state index contributed by atoms with van der Waals surface area (Å²) < 4.78 is 20.9. The van der Waals surface area contributed by atoms with E-state index in [0.29, 0.717) is 78.0 Å². The minimum absolute atomic E-state index is 0.00545. The van der Waals surface area contributed by atoms with Gasteiger partial charge in [-0.1, -0.05) is 31.1 Å². The third-order valence-electron chi connectivity index (χ3n) is 9.84. The molecule has 25 heteroatoms. The van der Waals surface area contributed by atoms with Crippen molar-refractivity contribution in [1.29, 1.82) is 0 Å². The number of ether oxygens (including phenoxy) is 4. The van der Waals surface area contributed by atoms with E-state index in [1.54, 1.807) is 50.4 Å². The predicted octanol–water partition coefficient (Wildman–Crippen LogP) is 2.25. The van der Waals surface area contributed by atoms with Crippen LogP contribution in [-0.2, 0) is 51.0 Å². The highest BCUT2D eigenvalue weighted by Crippen LogP contribution is 2.22. The Labute approximate surface area is 396 Å². The number of fused-ring (bicyclic) bond motifs is 1. The van der Waals surface area contributed by atoms with E-state index in [2.05, 4.69) is 56.5 Å². The number of nitrogens with two attached hydrogens (primary N) is 2. The number of thiophene rings is 1. The standard InChI is InChI=1S/C43H58N14O10S/c1-25(2)34(53-32(58)15-18-65-20-22-67-23-21-66-19-17-49-57-46)41(62)50-26(3)38(59)54-33-14-13-31(68-33)40(61)47-16-5-6-30(42(63)64-4)52-39(60)28-10-7-27(8-11-28)9-12-29-24-48-37-35(51-29)36(44)55-43(45)56-37/h7-8,10-11,13-14,24-26,30,34H,5-6,9,12,15-23H2,1-4H3,(H,47,61)(H,50,62)(H,52,60)(H,53,58)(H,54,59)(H4,44,45,48,55,56)/t26-,30-,34-/m0/s1. The molecular formula is C43H58N14O10S. The van der Waals surface area contributed by atoms with Crippen LogP contribution in [-0.4, -0.2) is 133 Å². The first-order valence-electron chi connectivity index (χ1n) is 21.7. The van der Waals surface area contributed by atoms with Gasteiger partial charge in [-0.2, -0.15) is 9.97 Å². The van der Waals surface area contributed by atoms with Crippen LogP contribution in [0.4, 0.5) is 16.8 Å². The Morgan fingerprint density at radius 2 is 1.53 bits per heavy atom. The molecule has 3 aromatic heterocycles. The van der Waals surface area contributed by atoms with Crippen LogP contribution in [0.5, 0.6) is 0 Å². The van der Waals surface area contributed by atoms with Crippen molar-refractivity contribution in [1.82, 2.24) is 41.2 Å². The number of hydrogen-bond donors (Lipinski definition) is 7. The van der Waals surface area contributed by atoms with Gasteiger partial charge in [-0.15, -0.1) is 11.3 Å². The molecule has 9 N–H and O–H groups in total. The highest BCUT2D eigenvalue weighted by molar-refractivity contribution is 7.18. The molecule has 3 atom stereocenters. The Hall–Kier alpha value is -7.05. The van der Waals surface area contributed by atoms with Crippen molar-refractivity contribution in [3.05, 3.63) is 74.7 Å². The lowest BCUT2D eigenvalue weighted by Crippen LogP contribution is -2.53. The van der Waals surface area contributed by atoms with Crippen LogP contribution in [0.25, 0.3) is 21.6 Å². The lowest BCUT2D eigenvalue weighted by atomic mass is 10.0. The van der Waals surface area contributed by atoms with Crippen LogP contribution in [0.15, 0.2) is 47.7 Å². The molecule has 68 heavy (non-hydrogen) atoms. The second-order valence-electron chi connectivity index (χ2n) is 15.4. The number of nitrogens with zero attached hydrogens (tertiary/aromatic N) is 7. The topological polar surface area (TPSA) is 352 Å². The minimum atomic E-state index is -0.982. The molecule has 0 aliphatic carbocycles. The van der Waals surface area contributed by atoms with Gasteiger partial charge in [0.25, 0.3) is 11.8 Å². The number of nitrogens with one attached hydrogen (secondary N) is 5. The summed E-state index contributed by atoms with van der Waals surface area (Å²) in [5, 5.41) is 17.2. The van der Waals surface area contributed by atoms with Crippen LogP contribution < -0.4 is 38.1 Å². The summed E-state index contributed by atoms with van der Waals surface area (Å²) in [6.07, 6.45) is 3.23. The number of methoxy groups -OCH3 is 1. The third-order valence-corrected chi connectivity index (χ3v) is 10.8. The largest absolute Gasteiger partial charge is 0.467 e. The van der Waals surface area contributed by atoms with Crippen LogP contribution in [0.1, 0.15) is 71.3 Å². The molecule has 366 valence electrons. The summed E-state index contributed by atoms with van der Waals surface area (Å²) in [7, 11) is 1.22. The monoisotopic (exact) mass is 962 g/mol. The average Bonchev–Trinajstić information content (AvgIpc) is 3.79. The van der Waals surface area contributed by atoms with Crippen molar-refractivity contribution in [3.8, 4) is 0 Å². The van der Waals surface area contributed by atoms with E-state index in [4.69, 9.17) is 35.9 Å². The number of carbonyl (C=O) groups is 6. The minimum Gasteiger partial charge on any atom is -0.467 e. The molecular weight excluding hydrogens is 905 g/mol. The number of azide groups is 1. The molecule has 0 radical (unpaired) electrons. The van der Waals surface area contributed by atoms with Crippen LogP contribution in [0.2, 0.25) is 0 Å². The summed E-state index contributed by atoms with van der Waals surface area (Å²) in [5.41, 5.74) is 22.4. The van der Waals surface area contributed by atoms with E-state index in [0.717, 1.165) is 16.9 Å². The molecule has 3 heterocycles. The van der Waals surface area contributed by atoms with Gasteiger partial charge in [-0.3, -0.25) is 24.0 Å². The quantitative estimate of drug-likeness (QED) is 0.0135. The van der Waals surface area contributed by atoms with Gasteiger partial charge in [0.05, 0.1) is 68.5 Å². The summed E-state index contributed by atoms with van der Waals surface area (Å²) >= 11 is 1.02. The van der Waals surface area contributed by atoms with E-state index in [1.807, 2.05) is 0 Å². The number of rotatable bonds is 29. The molecule has 4 aromatic rings. The van der Waals surface area contributed by atoms with Gasteiger partial charge in [0.1, 0.15) is 18.1 Å². The number of hydrogen-bond acceptors (Lipinski definition) is 18. The number of amides is 5. The fourth-order valence-electron chi connectivity index (χ4n) is 6.19. The number of nitrogen functional groups attached to an aromatic ring is 2. The van der Waals surface area contributed by atoms with Crippen molar-refractivity contribution >= 4 is 74.8 Å². The van der Waals surface area contributed by atoms with E-state index in [9.17, 15) is 28.8 Å². The third kappa shape index (κ3) is 18.0. The van der Waals surface area contributed by atoms with Crippen LogP contribution in [0, 0.1) is 5.92 Å². The summed E-state index contributed by atoms with van der Waals surface area (Å²) in [5.74, 6) is -3.14. The van der Waals surface area contributed by atoms with Gasteiger partial charge in [-0.25, -0.2) is 14.8 Å². The highest BCUT2D eigenvalue weighted by Gasteiger charge is 2.27. The maximum atomic E-state index is 13.1. The smallest absolute Gasteiger partial charge is 0.328 e. The molecule has 0 fully saturated rings. The Bertz CT molecular complexity index is 2380. The van der Waals surface area contributed by atoms with Gasteiger partial charge in [0.2, 0.25) is 23.7 Å². The Kier molecular flexibility index (Phi) is 22.2. The first-order chi connectivity index (χ1) is 32.7. The number of esters is 1. The van der Waals surface area contributed by atoms with Crippen LogP contribution >= 0.6 is 11.3 Å². The number of aryl methyl sites for hydroxylation is 2. The predicted molar refractivity (Wildman–Crippen MR) is 251 cm³/mol.